The minimum Gasteiger partial charge on any atom is -0.478 e. The van der Waals surface area contributed by atoms with E-state index in [9.17, 15) is 4.79 Å². The average molecular weight is 188 g/mol. The summed E-state index contributed by atoms with van der Waals surface area (Å²) in [5.74, 6) is -0.913. The normalized spacial score (nSPS) is 10.0. The van der Waals surface area contributed by atoms with E-state index in [4.69, 9.17) is 5.11 Å². The van der Waals surface area contributed by atoms with Crippen molar-refractivity contribution in [2.45, 2.75) is 0 Å². The maximum absolute atomic E-state index is 10.6. The molecule has 1 aromatic heterocycles. The number of rotatable bonds is 2. The van der Waals surface area contributed by atoms with Gasteiger partial charge in [0, 0.05) is 11.8 Å². The van der Waals surface area contributed by atoms with Crippen LogP contribution in [0.25, 0.3) is 11.1 Å². The van der Waals surface area contributed by atoms with Gasteiger partial charge in [-0.2, -0.15) is 5.10 Å². The summed E-state index contributed by atoms with van der Waals surface area (Å²) in [5.41, 5.74) is 2.18. The summed E-state index contributed by atoms with van der Waals surface area (Å²) in [7, 11) is 0. The zero-order valence-corrected chi connectivity index (χ0v) is 7.27. The van der Waals surface area contributed by atoms with Crippen LogP contribution in [0.15, 0.2) is 36.7 Å². The van der Waals surface area contributed by atoms with Gasteiger partial charge in [-0.25, -0.2) is 4.79 Å². The standard InChI is InChI=1S/C10H8N2O2/c13-10(14)8-3-1-7(2-4-8)9-5-11-12-6-9/h1-6H,(H,11,12)(H,13,14). The second-order valence-electron chi connectivity index (χ2n) is 2.87. The molecule has 2 rings (SSSR count). The van der Waals surface area contributed by atoms with Gasteiger partial charge >= 0.3 is 5.97 Å². The number of carbonyl (C=O) groups is 1. The number of carboxylic acids is 1. The summed E-state index contributed by atoms with van der Waals surface area (Å²) < 4.78 is 0. The van der Waals surface area contributed by atoms with Crippen molar-refractivity contribution in [2.24, 2.45) is 0 Å². The largest absolute Gasteiger partial charge is 0.478 e. The first kappa shape index (κ1) is 8.50. The molecule has 0 aliphatic carbocycles. The Morgan fingerprint density at radius 2 is 1.93 bits per heavy atom. The van der Waals surface area contributed by atoms with Crippen LogP contribution < -0.4 is 0 Å². The monoisotopic (exact) mass is 188 g/mol. The van der Waals surface area contributed by atoms with Crippen molar-refractivity contribution in [3.63, 3.8) is 0 Å². The number of benzene rings is 1. The number of aromatic nitrogens is 2. The summed E-state index contributed by atoms with van der Waals surface area (Å²) in [4.78, 5) is 10.6. The highest BCUT2D eigenvalue weighted by Gasteiger charge is 2.02. The first-order valence-electron chi connectivity index (χ1n) is 4.10. The van der Waals surface area contributed by atoms with Crippen molar-refractivity contribution in [3.8, 4) is 11.1 Å². The van der Waals surface area contributed by atoms with E-state index in [0.717, 1.165) is 11.1 Å². The molecular weight excluding hydrogens is 180 g/mol. The summed E-state index contributed by atoms with van der Waals surface area (Å²) in [6.07, 6.45) is 3.45. The minimum absolute atomic E-state index is 0.289. The predicted octanol–water partition coefficient (Wildman–Crippen LogP) is 1.77. The van der Waals surface area contributed by atoms with Crippen molar-refractivity contribution in [1.82, 2.24) is 10.2 Å². The molecule has 0 aliphatic heterocycles. The van der Waals surface area contributed by atoms with Crippen LogP contribution in [0, 0.1) is 0 Å². The van der Waals surface area contributed by atoms with Crippen molar-refractivity contribution in [2.75, 3.05) is 0 Å². The molecule has 0 radical (unpaired) electrons. The number of carboxylic acid groups (broad SMARTS) is 1. The molecule has 0 spiro atoms. The van der Waals surface area contributed by atoms with E-state index in [1.54, 1.807) is 36.7 Å². The van der Waals surface area contributed by atoms with Crippen LogP contribution in [0.1, 0.15) is 10.4 Å². The Kier molecular flexibility index (Phi) is 2.02. The van der Waals surface area contributed by atoms with E-state index < -0.39 is 5.97 Å². The van der Waals surface area contributed by atoms with Crippen LogP contribution in [0.2, 0.25) is 0 Å². The first-order valence-corrected chi connectivity index (χ1v) is 4.10. The topological polar surface area (TPSA) is 66.0 Å². The number of aromatic amines is 1. The van der Waals surface area contributed by atoms with E-state index in [1.807, 2.05) is 0 Å². The number of nitrogens with one attached hydrogen (secondary N) is 1. The van der Waals surface area contributed by atoms with E-state index in [-0.39, 0.29) is 5.56 Å². The van der Waals surface area contributed by atoms with Crippen molar-refractivity contribution in [1.29, 1.82) is 0 Å². The highest BCUT2D eigenvalue weighted by molar-refractivity contribution is 5.88. The number of nitrogens with zero attached hydrogens (tertiary/aromatic N) is 1. The van der Waals surface area contributed by atoms with Crippen LogP contribution in [-0.2, 0) is 0 Å². The Morgan fingerprint density at radius 3 is 2.43 bits per heavy atom. The maximum Gasteiger partial charge on any atom is 0.335 e. The van der Waals surface area contributed by atoms with E-state index in [1.165, 1.54) is 0 Å². The highest BCUT2D eigenvalue weighted by atomic mass is 16.4. The van der Waals surface area contributed by atoms with E-state index in [0.29, 0.717) is 0 Å². The van der Waals surface area contributed by atoms with Gasteiger partial charge in [0.25, 0.3) is 0 Å². The number of aromatic carboxylic acids is 1. The summed E-state index contributed by atoms with van der Waals surface area (Å²) in [5, 5.41) is 15.2. The molecule has 0 amide bonds. The summed E-state index contributed by atoms with van der Waals surface area (Å²) in [6, 6.07) is 6.66. The number of H-pyrrole nitrogens is 1. The van der Waals surface area contributed by atoms with Gasteiger partial charge in [0.2, 0.25) is 0 Å². The van der Waals surface area contributed by atoms with Crippen LogP contribution in [0.4, 0.5) is 0 Å². The first-order chi connectivity index (χ1) is 6.77. The van der Waals surface area contributed by atoms with Crippen molar-refractivity contribution in [3.05, 3.63) is 42.2 Å². The third kappa shape index (κ3) is 1.50. The summed E-state index contributed by atoms with van der Waals surface area (Å²) in [6.45, 7) is 0. The van der Waals surface area contributed by atoms with Crippen LogP contribution in [0.3, 0.4) is 0 Å². The Bertz CT molecular complexity index is 432. The SMILES string of the molecule is O=C(O)c1ccc(-c2cn[nH]c2)cc1. The molecule has 0 saturated heterocycles. The zero-order valence-electron chi connectivity index (χ0n) is 7.27. The minimum atomic E-state index is -0.913. The van der Waals surface area contributed by atoms with Gasteiger partial charge in [-0.3, -0.25) is 5.10 Å². The molecule has 0 atom stereocenters. The molecule has 0 fully saturated rings. The molecule has 0 unspecified atom stereocenters. The third-order valence-electron chi connectivity index (χ3n) is 1.96. The Balaban J connectivity index is 2.36. The van der Waals surface area contributed by atoms with Gasteiger partial charge in [0.15, 0.2) is 0 Å². The lowest BCUT2D eigenvalue weighted by Gasteiger charge is -1.97. The quantitative estimate of drug-likeness (QED) is 0.754. The van der Waals surface area contributed by atoms with Crippen molar-refractivity contribution >= 4 is 5.97 Å². The smallest absolute Gasteiger partial charge is 0.335 e. The molecule has 14 heavy (non-hydrogen) atoms. The molecule has 2 aromatic rings. The van der Waals surface area contributed by atoms with E-state index in [2.05, 4.69) is 10.2 Å². The van der Waals surface area contributed by atoms with Gasteiger partial charge in [0.05, 0.1) is 11.8 Å². The van der Waals surface area contributed by atoms with Gasteiger partial charge < -0.3 is 5.11 Å². The molecule has 4 nitrogen and oxygen atoms in total. The molecule has 1 heterocycles. The van der Waals surface area contributed by atoms with Crippen LogP contribution >= 0.6 is 0 Å². The second-order valence-corrected chi connectivity index (χ2v) is 2.87. The molecule has 0 aliphatic rings. The Labute approximate surface area is 80.2 Å². The fourth-order valence-electron chi connectivity index (χ4n) is 1.21. The van der Waals surface area contributed by atoms with Crippen LogP contribution in [0.5, 0.6) is 0 Å². The van der Waals surface area contributed by atoms with Crippen LogP contribution in [-0.4, -0.2) is 21.3 Å². The van der Waals surface area contributed by atoms with Gasteiger partial charge in [-0.15, -0.1) is 0 Å². The fraction of sp³-hybridized carbons (Fsp3) is 0. The Morgan fingerprint density at radius 1 is 1.21 bits per heavy atom. The molecule has 4 heteroatoms. The molecule has 0 saturated carbocycles. The molecule has 70 valence electrons. The predicted molar refractivity (Wildman–Crippen MR) is 51.0 cm³/mol. The van der Waals surface area contributed by atoms with Gasteiger partial charge in [0.1, 0.15) is 0 Å². The van der Waals surface area contributed by atoms with Gasteiger partial charge in [-0.05, 0) is 17.7 Å². The number of hydrogen-bond acceptors (Lipinski definition) is 2. The van der Waals surface area contributed by atoms with Crippen molar-refractivity contribution < 1.29 is 9.90 Å². The lowest BCUT2D eigenvalue weighted by molar-refractivity contribution is 0.0697. The average Bonchev–Trinajstić information content (AvgIpc) is 2.71. The second kappa shape index (κ2) is 3.33. The molecule has 0 bridgehead atoms. The lowest BCUT2D eigenvalue weighted by Crippen LogP contribution is -1.94. The highest BCUT2D eigenvalue weighted by Crippen LogP contribution is 2.17. The van der Waals surface area contributed by atoms with Gasteiger partial charge in [-0.1, -0.05) is 12.1 Å². The number of hydrogen-bond donors (Lipinski definition) is 2. The summed E-state index contributed by atoms with van der Waals surface area (Å²) >= 11 is 0. The third-order valence-corrected chi connectivity index (χ3v) is 1.96. The zero-order chi connectivity index (χ0) is 9.97. The fourth-order valence-corrected chi connectivity index (χ4v) is 1.21. The maximum atomic E-state index is 10.6. The molecular formula is C10H8N2O2. The van der Waals surface area contributed by atoms with E-state index >= 15 is 0 Å². The Hall–Kier alpha value is -2.10. The lowest BCUT2D eigenvalue weighted by atomic mass is 10.1. The molecule has 1 aromatic carbocycles. The molecule has 2 N–H and O–H groups in total.